The zero-order chi connectivity index (χ0) is 12.4. The molecule has 0 saturated carbocycles. The normalized spacial score (nSPS) is 14.9. The molecule has 0 N–H and O–H groups in total. The van der Waals surface area contributed by atoms with Gasteiger partial charge in [0, 0.05) is 18.0 Å². The second-order valence-electron chi connectivity index (χ2n) is 2.92. The number of halogens is 5. The molecule has 1 heterocycles. The fraction of sp³-hybridized carbons (Fsp3) is 0.333. The van der Waals surface area contributed by atoms with Crippen LogP contribution in [0.3, 0.4) is 0 Å². The predicted molar refractivity (Wildman–Crippen MR) is 43.4 cm³/mol. The molecule has 7 heteroatoms. The van der Waals surface area contributed by atoms with Gasteiger partial charge in [-0.25, -0.2) is 0 Å². The van der Waals surface area contributed by atoms with Gasteiger partial charge in [-0.15, -0.1) is 0 Å². The lowest BCUT2D eigenvalue weighted by molar-refractivity contribution is -0.316. The van der Waals surface area contributed by atoms with E-state index in [0.717, 1.165) is 12.3 Å². The molecule has 0 spiro atoms. The second kappa shape index (κ2) is 4.32. The standard InChI is InChI=1S/C9H6F5NO/c1-16-7(6-3-2-4-15-5-6)8(10,11)9(12,13)14/h1-5,7H. The van der Waals surface area contributed by atoms with Gasteiger partial charge >= 0.3 is 12.1 Å². The maximum atomic E-state index is 12.9. The average molecular weight is 239 g/mol. The average Bonchev–Trinajstić information content (AvgIpc) is 2.18. The van der Waals surface area contributed by atoms with Gasteiger partial charge in [0.15, 0.2) is 6.10 Å². The Morgan fingerprint density at radius 2 is 1.88 bits per heavy atom. The lowest BCUT2D eigenvalue weighted by atomic mass is 10.1. The molecule has 0 aromatic carbocycles. The summed E-state index contributed by atoms with van der Waals surface area (Å²) in [5.41, 5.74) is -0.452. The van der Waals surface area contributed by atoms with Crippen molar-refractivity contribution in [3.63, 3.8) is 0 Å². The molecule has 0 aliphatic rings. The Morgan fingerprint density at radius 1 is 1.25 bits per heavy atom. The molecule has 16 heavy (non-hydrogen) atoms. The fourth-order valence-electron chi connectivity index (χ4n) is 1.05. The van der Waals surface area contributed by atoms with Gasteiger partial charge in [0.2, 0.25) is 0 Å². The Labute approximate surface area is 88.1 Å². The van der Waals surface area contributed by atoms with Gasteiger partial charge in [-0.1, -0.05) is 6.07 Å². The van der Waals surface area contributed by atoms with E-state index in [1.165, 1.54) is 12.3 Å². The van der Waals surface area contributed by atoms with Crippen LogP contribution >= 0.6 is 0 Å². The van der Waals surface area contributed by atoms with Crippen molar-refractivity contribution in [3.05, 3.63) is 37.2 Å². The molecule has 0 amide bonds. The molecule has 1 rings (SSSR count). The van der Waals surface area contributed by atoms with Crippen molar-refractivity contribution in [2.24, 2.45) is 0 Å². The largest absolute Gasteiger partial charge is 0.456 e. The van der Waals surface area contributed by atoms with Crippen molar-refractivity contribution in [1.29, 1.82) is 0 Å². The summed E-state index contributed by atoms with van der Waals surface area (Å²) in [6.07, 6.45) is -6.30. The summed E-state index contributed by atoms with van der Waals surface area (Å²) in [5, 5.41) is 0. The fourth-order valence-corrected chi connectivity index (χ4v) is 1.05. The van der Waals surface area contributed by atoms with E-state index in [0.29, 0.717) is 0 Å². The number of aromatic nitrogens is 1. The maximum Gasteiger partial charge on any atom is 0.456 e. The minimum Gasteiger partial charge on any atom is -0.358 e. The van der Waals surface area contributed by atoms with Crippen LogP contribution in [0, 0.1) is 7.11 Å². The summed E-state index contributed by atoms with van der Waals surface area (Å²) < 4.78 is 65.7. The third kappa shape index (κ3) is 2.29. The number of pyridine rings is 1. The zero-order valence-electron chi connectivity index (χ0n) is 7.71. The van der Waals surface area contributed by atoms with Crippen LogP contribution in [-0.4, -0.2) is 17.1 Å². The topological polar surface area (TPSA) is 22.1 Å². The van der Waals surface area contributed by atoms with Crippen molar-refractivity contribution in [2.75, 3.05) is 0 Å². The molecule has 2 nitrogen and oxygen atoms in total. The number of nitrogens with zero attached hydrogens (tertiary/aromatic N) is 1. The van der Waals surface area contributed by atoms with Crippen molar-refractivity contribution >= 4 is 0 Å². The molecule has 1 aromatic heterocycles. The monoisotopic (exact) mass is 239 g/mol. The molecular weight excluding hydrogens is 233 g/mol. The highest BCUT2D eigenvalue weighted by Gasteiger charge is 2.63. The van der Waals surface area contributed by atoms with Gasteiger partial charge in [-0.2, -0.15) is 22.0 Å². The number of hydrogen-bond acceptors (Lipinski definition) is 2. The first kappa shape index (κ1) is 12.8. The first-order valence-electron chi connectivity index (χ1n) is 4.00. The Kier molecular flexibility index (Phi) is 3.47. The highest BCUT2D eigenvalue weighted by molar-refractivity contribution is 5.16. The van der Waals surface area contributed by atoms with Gasteiger partial charge in [0.05, 0.1) is 0 Å². The van der Waals surface area contributed by atoms with Crippen LogP contribution in [0.15, 0.2) is 24.5 Å². The lowest BCUT2D eigenvalue weighted by Crippen LogP contribution is -2.42. The summed E-state index contributed by atoms with van der Waals surface area (Å²) in [4.78, 5) is 3.41. The molecule has 0 aliphatic heterocycles. The van der Waals surface area contributed by atoms with Crippen LogP contribution < -0.4 is 0 Å². The number of rotatable bonds is 3. The van der Waals surface area contributed by atoms with E-state index in [1.807, 2.05) is 0 Å². The molecule has 0 fully saturated rings. The second-order valence-corrected chi connectivity index (χ2v) is 2.92. The van der Waals surface area contributed by atoms with Gasteiger partial charge in [-0.3, -0.25) is 4.98 Å². The lowest BCUT2D eigenvalue weighted by Gasteiger charge is -2.27. The summed E-state index contributed by atoms with van der Waals surface area (Å²) in [6.45, 7) is 0. The Balaban J connectivity index is 3.09. The molecule has 1 atom stereocenters. The highest BCUT2D eigenvalue weighted by atomic mass is 19.4. The van der Waals surface area contributed by atoms with Gasteiger partial charge in [0.1, 0.15) is 7.11 Å². The van der Waals surface area contributed by atoms with Crippen LogP contribution in [0.1, 0.15) is 11.7 Å². The molecule has 0 aliphatic carbocycles. The maximum absolute atomic E-state index is 12.9. The van der Waals surface area contributed by atoms with Gasteiger partial charge < -0.3 is 4.74 Å². The highest BCUT2D eigenvalue weighted by Crippen LogP contribution is 2.45. The molecule has 1 unspecified atom stereocenters. The van der Waals surface area contributed by atoms with Crippen molar-refractivity contribution < 1.29 is 26.7 Å². The quantitative estimate of drug-likeness (QED) is 0.756. The van der Waals surface area contributed by atoms with Crippen LogP contribution in [0.25, 0.3) is 0 Å². The molecule has 0 saturated heterocycles. The van der Waals surface area contributed by atoms with Crippen molar-refractivity contribution in [2.45, 2.75) is 18.2 Å². The van der Waals surface area contributed by atoms with Gasteiger partial charge in [-0.05, 0) is 6.07 Å². The third-order valence-electron chi connectivity index (χ3n) is 1.83. The summed E-state index contributed by atoms with van der Waals surface area (Å²) >= 11 is 0. The van der Waals surface area contributed by atoms with E-state index in [9.17, 15) is 22.0 Å². The van der Waals surface area contributed by atoms with E-state index in [2.05, 4.69) is 16.8 Å². The zero-order valence-corrected chi connectivity index (χ0v) is 7.71. The van der Waals surface area contributed by atoms with Crippen LogP contribution in [0.2, 0.25) is 0 Å². The van der Waals surface area contributed by atoms with E-state index in [-0.39, 0.29) is 0 Å². The Morgan fingerprint density at radius 3 is 2.25 bits per heavy atom. The number of alkyl halides is 5. The van der Waals surface area contributed by atoms with Crippen LogP contribution in [-0.2, 0) is 4.74 Å². The van der Waals surface area contributed by atoms with Crippen molar-refractivity contribution in [3.8, 4) is 0 Å². The van der Waals surface area contributed by atoms with E-state index < -0.39 is 23.8 Å². The molecule has 0 bridgehead atoms. The third-order valence-corrected chi connectivity index (χ3v) is 1.83. The number of ether oxygens (including phenoxy) is 1. The minimum absolute atomic E-state index is 0.452. The summed E-state index contributed by atoms with van der Waals surface area (Å²) in [6, 6.07) is 2.22. The Hall–Kier alpha value is -1.24. The van der Waals surface area contributed by atoms with E-state index in [4.69, 9.17) is 0 Å². The predicted octanol–water partition coefficient (Wildman–Crippen LogP) is 3.01. The first-order chi connectivity index (χ1) is 7.30. The minimum atomic E-state index is -5.74. The number of hydrogen-bond donors (Lipinski definition) is 0. The molecule has 88 valence electrons. The van der Waals surface area contributed by atoms with Crippen molar-refractivity contribution in [1.82, 2.24) is 4.98 Å². The van der Waals surface area contributed by atoms with Crippen LogP contribution in [0.5, 0.6) is 0 Å². The summed E-state index contributed by atoms with van der Waals surface area (Å²) in [7, 11) is 4.48. The molecular formula is C9H6F5NO. The van der Waals surface area contributed by atoms with E-state index in [1.54, 1.807) is 0 Å². The SMILES string of the molecule is [CH]OC(c1cccnc1)C(F)(F)C(F)(F)F. The van der Waals surface area contributed by atoms with Gasteiger partial charge in [0.25, 0.3) is 0 Å². The summed E-state index contributed by atoms with van der Waals surface area (Å²) in [5.74, 6) is -5.08. The van der Waals surface area contributed by atoms with E-state index >= 15 is 0 Å². The Bertz CT molecular complexity index is 338. The van der Waals surface area contributed by atoms with Crippen LogP contribution in [0.4, 0.5) is 22.0 Å². The first-order valence-corrected chi connectivity index (χ1v) is 4.00. The molecule has 1 aromatic rings. The molecule has 2 radical (unpaired) electrons. The smallest absolute Gasteiger partial charge is 0.358 e.